The van der Waals surface area contributed by atoms with Crippen LogP contribution in [0, 0.1) is 19.3 Å². The molecule has 0 aliphatic carbocycles. The van der Waals surface area contributed by atoms with Crippen LogP contribution in [0.2, 0.25) is 0 Å². The third-order valence-corrected chi connectivity index (χ3v) is 2.96. The largest absolute Gasteiger partial charge is 0.493 e. The van der Waals surface area contributed by atoms with Crippen molar-refractivity contribution in [2.24, 2.45) is 4.99 Å². The van der Waals surface area contributed by atoms with Gasteiger partial charge >= 0.3 is 0 Å². The molecule has 0 saturated carbocycles. The molecule has 0 bridgehead atoms. The fraction of sp³-hybridized carbons (Fsp3) is 0.565. The van der Waals surface area contributed by atoms with Gasteiger partial charge in [-0.15, -0.1) is 12.3 Å². The summed E-state index contributed by atoms with van der Waals surface area (Å²) in [6, 6.07) is 5.55. The molecule has 0 N–H and O–H groups in total. The minimum absolute atomic E-state index is 0.0801. The molecule has 0 atom stereocenters. The Morgan fingerprint density at radius 3 is 2.30 bits per heavy atom. The van der Waals surface area contributed by atoms with Gasteiger partial charge in [-0.05, 0) is 57.9 Å². The minimum Gasteiger partial charge on any atom is -0.493 e. The van der Waals surface area contributed by atoms with Gasteiger partial charge in [-0.1, -0.05) is 27.7 Å². The molecular formula is C23H40N2O2. The molecule has 154 valence electrons. The molecular weight excluding hydrogens is 336 g/mol. The average Bonchev–Trinajstić information content (AvgIpc) is 2.68. The van der Waals surface area contributed by atoms with E-state index in [1.807, 2.05) is 73.1 Å². The summed E-state index contributed by atoms with van der Waals surface area (Å²) in [7, 11) is 2.01. The summed E-state index contributed by atoms with van der Waals surface area (Å²) in [5.41, 5.74) is 1.73. The standard InChI is InChI=1S/C16H24N2O2.C3H4.2C2H6/c1-5-17-12-18(4)9-6-10-20-16-8-7-15(14(3)19)11-13(16)2;1-3-2;2*1-2/h7-8,11-12H,5-6,9-10H2,1-4H3;1H,2H3;2*1-2H3. The van der Waals surface area contributed by atoms with E-state index in [1.165, 1.54) is 0 Å². The van der Waals surface area contributed by atoms with Crippen molar-refractivity contribution >= 4 is 12.1 Å². The van der Waals surface area contributed by atoms with Crippen LogP contribution in [0.3, 0.4) is 0 Å². The molecule has 0 fully saturated rings. The van der Waals surface area contributed by atoms with Crippen LogP contribution in [0.15, 0.2) is 23.2 Å². The lowest BCUT2D eigenvalue weighted by atomic mass is 10.1. The molecule has 0 aromatic heterocycles. The number of hydrogen-bond acceptors (Lipinski definition) is 3. The molecule has 0 unspecified atom stereocenters. The molecule has 0 spiro atoms. The Morgan fingerprint density at radius 2 is 1.85 bits per heavy atom. The van der Waals surface area contributed by atoms with E-state index in [0.717, 1.165) is 36.4 Å². The highest BCUT2D eigenvalue weighted by Crippen LogP contribution is 2.19. The van der Waals surface area contributed by atoms with Crippen molar-refractivity contribution in [3.63, 3.8) is 0 Å². The van der Waals surface area contributed by atoms with E-state index in [2.05, 4.69) is 22.2 Å². The molecule has 0 radical (unpaired) electrons. The lowest BCUT2D eigenvalue weighted by molar-refractivity contribution is 0.101. The third kappa shape index (κ3) is 16.9. The number of aryl methyl sites for hydroxylation is 1. The number of benzene rings is 1. The molecule has 0 saturated heterocycles. The van der Waals surface area contributed by atoms with Crippen molar-refractivity contribution in [3.8, 4) is 18.1 Å². The normalized spacial score (nSPS) is 8.74. The lowest BCUT2D eigenvalue weighted by Crippen LogP contribution is -2.19. The van der Waals surface area contributed by atoms with Crippen LogP contribution in [0.1, 0.15) is 70.8 Å². The van der Waals surface area contributed by atoms with Crippen molar-refractivity contribution in [3.05, 3.63) is 29.3 Å². The number of carbonyl (C=O) groups is 1. The number of hydrogen-bond donors (Lipinski definition) is 0. The van der Waals surface area contributed by atoms with Gasteiger partial charge < -0.3 is 9.64 Å². The second-order valence-corrected chi connectivity index (χ2v) is 5.12. The van der Waals surface area contributed by atoms with Gasteiger partial charge in [0.15, 0.2) is 5.78 Å². The van der Waals surface area contributed by atoms with E-state index in [0.29, 0.717) is 6.61 Å². The Morgan fingerprint density at radius 1 is 1.30 bits per heavy atom. The van der Waals surface area contributed by atoms with Crippen LogP contribution in [-0.2, 0) is 0 Å². The van der Waals surface area contributed by atoms with Crippen LogP contribution in [0.25, 0.3) is 0 Å². The van der Waals surface area contributed by atoms with E-state index in [1.54, 1.807) is 13.8 Å². The Balaban J connectivity index is -0.000000725. The first-order valence-corrected chi connectivity index (χ1v) is 9.78. The highest BCUT2D eigenvalue weighted by molar-refractivity contribution is 5.94. The minimum atomic E-state index is 0.0801. The van der Waals surface area contributed by atoms with E-state index in [9.17, 15) is 4.79 Å². The van der Waals surface area contributed by atoms with Crippen LogP contribution in [0.5, 0.6) is 5.75 Å². The van der Waals surface area contributed by atoms with Gasteiger partial charge in [-0.25, -0.2) is 0 Å². The fourth-order valence-electron chi connectivity index (χ4n) is 1.81. The Hall–Kier alpha value is -2.28. The van der Waals surface area contributed by atoms with Crippen molar-refractivity contribution in [2.45, 2.75) is 61.8 Å². The van der Waals surface area contributed by atoms with Gasteiger partial charge in [0.2, 0.25) is 0 Å². The molecule has 4 heteroatoms. The second kappa shape index (κ2) is 21.8. The molecule has 27 heavy (non-hydrogen) atoms. The molecule has 1 rings (SSSR count). The highest BCUT2D eigenvalue weighted by Gasteiger charge is 2.04. The summed E-state index contributed by atoms with van der Waals surface area (Å²) in [5.74, 6) is 3.18. The van der Waals surface area contributed by atoms with Crippen LogP contribution < -0.4 is 4.74 Å². The predicted octanol–water partition coefficient (Wildman–Crippen LogP) is 5.64. The maximum atomic E-state index is 11.3. The molecule has 1 aromatic carbocycles. The predicted molar refractivity (Wildman–Crippen MR) is 120 cm³/mol. The maximum Gasteiger partial charge on any atom is 0.159 e. The molecule has 0 amide bonds. The quantitative estimate of drug-likeness (QED) is 0.194. The van der Waals surface area contributed by atoms with Crippen LogP contribution in [0.4, 0.5) is 0 Å². The van der Waals surface area contributed by atoms with E-state index in [-0.39, 0.29) is 5.78 Å². The van der Waals surface area contributed by atoms with Gasteiger partial charge in [-0.3, -0.25) is 9.79 Å². The Bertz CT molecular complexity index is 546. The number of rotatable bonds is 8. The van der Waals surface area contributed by atoms with Crippen LogP contribution >= 0.6 is 0 Å². The van der Waals surface area contributed by atoms with E-state index >= 15 is 0 Å². The van der Waals surface area contributed by atoms with Crippen molar-refractivity contribution in [2.75, 3.05) is 26.7 Å². The zero-order valence-corrected chi connectivity index (χ0v) is 18.9. The molecule has 0 heterocycles. The fourth-order valence-corrected chi connectivity index (χ4v) is 1.81. The van der Waals surface area contributed by atoms with Crippen molar-refractivity contribution < 1.29 is 9.53 Å². The molecule has 1 aromatic rings. The van der Waals surface area contributed by atoms with E-state index < -0.39 is 0 Å². The number of ether oxygens (including phenoxy) is 1. The average molecular weight is 377 g/mol. The first-order chi connectivity index (χ1) is 13.0. The summed E-state index contributed by atoms with van der Waals surface area (Å²) in [6.45, 7) is 17.6. The Labute approximate surface area is 168 Å². The zero-order chi connectivity index (χ0) is 21.7. The van der Waals surface area contributed by atoms with Crippen LogP contribution in [-0.4, -0.2) is 43.8 Å². The van der Waals surface area contributed by atoms with Gasteiger partial charge in [-0.2, -0.15) is 0 Å². The van der Waals surface area contributed by atoms with E-state index in [4.69, 9.17) is 4.74 Å². The third-order valence-electron chi connectivity index (χ3n) is 2.96. The summed E-state index contributed by atoms with van der Waals surface area (Å²) >= 11 is 0. The molecule has 0 aliphatic heterocycles. The number of carbonyl (C=O) groups excluding carboxylic acids is 1. The van der Waals surface area contributed by atoms with Crippen molar-refractivity contribution in [1.29, 1.82) is 0 Å². The SMILES string of the molecule is C#CC.CC.CC.CCN=CN(C)CCCOc1ccc(C(C)=O)cc1C. The molecule has 4 nitrogen and oxygen atoms in total. The number of aliphatic imine (C=N–C) groups is 1. The summed E-state index contributed by atoms with van der Waals surface area (Å²) in [4.78, 5) is 17.5. The number of Topliss-reactive ketones (excluding diaryl/α,β-unsaturated/α-hetero) is 1. The smallest absolute Gasteiger partial charge is 0.159 e. The van der Waals surface area contributed by atoms with Gasteiger partial charge in [0.05, 0.1) is 12.9 Å². The van der Waals surface area contributed by atoms with Gasteiger partial charge in [0.1, 0.15) is 5.75 Å². The van der Waals surface area contributed by atoms with Gasteiger partial charge in [0, 0.05) is 25.7 Å². The molecule has 0 aliphatic rings. The summed E-state index contributed by atoms with van der Waals surface area (Å²) in [6.07, 6.45) is 7.38. The van der Waals surface area contributed by atoms with Gasteiger partial charge in [0.25, 0.3) is 0 Å². The zero-order valence-electron chi connectivity index (χ0n) is 18.9. The summed E-state index contributed by atoms with van der Waals surface area (Å²) < 4.78 is 5.74. The number of nitrogens with zero attached hydrogens (tertiary/aromatic N) is 2. The first-order valence-electron chi connectivity index (χ1n) is 9.78. The summed E-state index contributed by atoms with van der Waals surface area (Å²) in [5, 5.41) is 0. The maximum absolute atomic E-state index is 11.3. The van der Waals surface area contributed by atoms with Crippen molar-refractivity contribution in [1.82, 2.24) is 4.90 Å². The Kier molecular flexibility index (Phi) is 23.8. The lowest BCUT2D eigenvalue weighted by Gasteiger charge is -2.14. The first kappa shape index (κ1) is 29.5. The monoisotopic (exact) mass is 376 g/mol. The highest BCUT2D eigenvalue weighted by atomic mass is 16.5. The topological polar surface area (TPSA) is 41.9 Å². The number of terminal acetylenes is 1. The number of ketones is 1. The second-order valence-electron chi connectivity index (χ2n) is 5.12.